The minimum absolute atomic E-state index is 0.0128. The lowest BCUT2D eigenvalue weighted by atomic mass is 10.1. The lowest BCUT2D eigenvalue weighted by Gasteiger charge is -2.19. The summed E-state index contributed by atoms with van der Waals surface area (Å²) in [5.41, 5.74) is -0.404. The Kier molecular flexibility index (Phi) is 7.24. The Morgan fingerprint density at radius 1 is 1.15 bits per heavy atom. The first-order valence-corrected chi connectivity index (χ1v) is 12.0. The number of anilines is 1. The number of carbonyl (C=O) groups excluding carboxylic acids is 1. The zero-order valence-corrected chi connectivity index (χ0v) is 21.3. The second-order valence-electron chi connectivity index (χ2n) is 8.75. The van der Waals surface area contributed by atoms with E-state index in [2.05, 4.69) is 20.6 Å². The fourth-order valence-electron chi connectivity index (χ4n) is 3.93. The highest BCUT2D eigenvalue weighted by molar-refractivity contribution is 6.03. The van der Waals surface area contributed by atoms with E-state index >= 15 is 4.39 Å². The van der Waals surface area contributed by atoms with Crippen LogP contribution in [0.5, 0.6) is 5.75 Å². The van der Waals surface area contributed by atoms with Gasteiger partial charge < -0.3 is 30.3 Å². The molecule has 206 valence electrons. The van der Waals surface area contributed by atoms with E-state index in [1.54, 1.807) is 29.4 Å². The van der Waals surface area contributed by atoms with E-state index in [1.165, 1.54) is 30.3 Å². The van der Waals surface area contributed by atoms with Gasteiger partial charge in [0.25, 0.3) is 11.5 Å². The van der Waals surface area contributed by atoms with Gasteiger partial charge in [-0.15, -0.1) is 0 Å². The van der Waals surface area contributed by atoms with Crippen LogP contribution in [0.15, 0.2) is 101 Å². The number of nitrogens with one attached hydrogen (secondary N) is 4. The Morgan fingerprint density at radius 3 is 2.61 bits per heavy atom. The van der Waals surface area contributed by atoms with Crippen LogP contribution in [-0.4, -0.2) is 31.2 Å². The first-order valence-electron chi connectivity index (χ1n) is 12.0. The average molecular weight is 558 g/mol. The Bertz CT molecular complexity index is 1880. The van der Waals surface area contributed by atoms with Gasteiger partial charge >= 0.3 is 5.69 Å². The van der Waals surface area contributed by atoms with Crippen LogP contribution in [0, 0.1) is 17.0 Å². The monoisotopic (exact) mass is 557 g/mol. The number of H-pyrrole nitrogens is 1. The molecule has 0 unspecified atom stereocenters. The summed E-state index contributed by atoms with van der Waals surface area (Å²) in [6.45, 7) is 0. The molecule has 2 aromatic carbocycles. The number of nitrogens with zero attached hydrogens (tertiary/aromatic N) is 3. The highest BCUT2D eigenvalue weighted by Gasteiger charge is 2.19. The first kappa shape index (κ1) is 26.7. The highest BCUT2D eigenvalue weighted by atomic mass is 19.1. The number of halogens is 2. The van der Waals surface area contributed by atoms with Crippen LogP contribution in [0.3, 0.4) is 0 Å². The number of dihydropyridines is 1. The summed E-state index contributed by atoms with van der Waals surface area (Å²) < 4.78 is 36.6. The molecule has 0 aliphatic carbocycles. The van der Waals surface area contributed by atoms with Crippen LogP contribution in [-0.2, 0) is 7.05 Å². The second kappa shape index (κ2) is 11.1. The van der Waals surface area contributed by atoms with Crippen molar-refractivity contribution in [2.75, 3.05) is 5.32 Å². The number of ether oxygens (including phenoxy) is 1. The number of benzene rings is 2. The molecule has 5 rings (SSSR count). The molecule has 1 aliphatic rings. The van der Waals surface area contributed by atoms with Crippen LogP contribution < -0.4 is 26.6 Å². The fraction of sp³-hybridized carbons (Fsp3) is 0.0357. The number of hydrogen-bond acceptors (Lipinski definition) is 7. The van der Waals surface area contributed by atoms with Gasteiger partial charge in [-0.05, 0) is 48.6 Å². The largest absolute Gasteiger partial charge is 0.452 e. The van der Waals surface area contributed by atoms with Crippen molar-refractivity contribution in [2.45, 2.75) is 0 Å². The minimum atomic E-state index is -0.947. The van der Waals surface area contributed by atoms with E-state index < -0.39 is 34.4 Å². The standard InChI is InChI=1S/C28H21F2N7O4/c1-36-14-23(34-15-36)16-10-25(22(8-9-31)32-12-16)41-24-7-4-18(11-21(24)30)35-26(38)20-13-33-28(40)37(27(20)39)19-5-2-17(29)3-6-19/h2-15,31-32H,1H3,(H,33,40)(H,35,38)/b22-8-,31-9?. The number of carbonyl (C=O) groups is 1. The number of imidazole rings is 1. The second-order valence-corrected chi connectivity index (χ2v) is 8.75. The SMILES string of the molecule is Cn1cnc(C2=CN/C(=C\C=N)C(Oc3ccc(NC(=O)c4c[nH]c(=O)n(-c5ccc(F)cc5)c4=O)cc3F)=C2)c1. The number of rotatable bonds is 7. The van der Waals surface area contributed by atoms with Crippen LogP contribution in [0.4, 0.5) is 14.5 Å². The van der Waals surface area contributed by atoms with Gasteiger partial charge in [0.2, 0.25) is 0 Å². The molecule has 11 nitrogen and oxygen atoms in total. The number of aryl methyl sites for hydroxylation is 1. The van der Waals surface area contributed by atoms with E-state index in [1.807, 2.05) is 7.05 Å². The smallest absolute Gasteiger partial charge is 0.333 e. The van der Waals surface area contributed by atoms with Crippen LogP contribution in [0.2, 0.25) is 0 Å². The van der Waals surface area contributed by atoms with Crippen molar-refractivity contribution in [1.29, 1.82) is 5.41 Å². The quantitative estimate of drug-likeness (QED) is 0.257. The fourth-order valence-corrected chi connectivity index (χ4v) is 3.93. The zero-order chi connectivity index (χ0) is 29.1. The minimum Gasteiger partial charge on any atom is -0.452 e. The van der Waals surface area contributed by atoms with Crippen molar-refractivity contribution < 1.29 is 18.3 Å². The predicted molar refractivity (Wildman–Crippen MR) is 147 cm³/mol. The Morgan fingerprint density at radius 2 is 1.93 bits per heavy atom. The summed E-state index contributed by atoms with van der Waals surface area (Å²) in [4.78, 5) is 44.6. The van der Waals surface area contributed by atoms with Crippen molar-refractivity contribution in [3.05, 3.63) is 135 Å². The summed E-state index contributed by atoms with van der Waals surface area (Å²) in [6, 6.07) is 8.24. The molecular formula is C28H21F2N7O4. The molecule has 4 N–H and O–H groups in total. The van der Waals surface area contributed by atoms with E-state index in [9.17, 15) is 18.8 Å². The molecule has 4 aromatic rings. The van der Waals surface area contributed by atoms with E-state index in [4.69, 9.17) is 10.1 Å². The Balaban J connectivity index is 1.38. The van der Waals surface area contributed by atoms with Crippen molar-refractivity contribution in [1.82, 2.24) is 24.4 Å². The van der Waals surface area contributed by atoms with Crippen molar-refractivity contribution in [3.63, 3.8) is 0 Å². The summed E-state index contributed by atoms with van der Waals surface area (Å²) in [5, 5.41) is 12.8. The molecule has 0 fully saturated rings. The lowest BCUT2D eigenvalue weighted by molar-refractivity contribution is 0.102. The van der Waals surface area contributed by atoms with E-state index in [-0.39, 0.29) is 22.9 Å². The van der Waals surface area contributed by atoms with Gasteiger partial charge in [-0.1, -0.05) is 0 Å². The zero-order valence-electron chi connectivity index (χ0n) is 21.3. The third-order valence-corrected chi connectivity index (χ3v) is 5.90. The van der Waals surface area contributed by atoms with Gasteiger partial charge in [-0.3, -0.25) is 9.59 Å². The number of hydrogen-bond donors (Lipinski definition) is 4. The molecule has 0 bridgehead atoms. The molecule has 0 spiro atoms. The van der Waals surface area contributed by atoms with Gasteiger partial charge in [0.1, 0.15) is 11.4 Å². The van der Waals surface area contributed by atoms with E-state index in [0.29, 0.717) is 21.5 Å². The first-order chi connectivity index (χ1) is 19.7. The van der Waals surface area contributed by atoms with Crippen LogP contribution in [0.25, 0.3) is 11.3 Å². The van der Waals surface area contributed by atoms with Gasteiger partial charge in [0, 0.05) is 49.2 Å². The number of aromatic amines is 1. The average Bonchev–Trinajstić information content (AvgIpc) is 3.38. The van der Waals surface area contributed by atoms with Crippen molar-refractivity contribution in [3.8, 4) is 11.4 Å². The lowest BCUT2D eigenvalue weighted by Crippen LogP contribution is -2.38. The molecular weight excluding hydrogens is 536 g/mol. The third kappa shape index (κ3) is 5.63. The molecule has 13 heteroatoms. The maximum Gasteiger partial charge on any atom is 0.333 e. The van der Waals surface area contributed by atoms with Crippen LogP contribution >= 0.6 is 0 Å². The van der Waals surface area contributed by atoms with Gasteiger partial charge in [-0.25, -0.2) is 23.1 Å². The van der Waals surface area contributed by atoms with Gasteiger partial charge in [0.05, 0.1) is 23.4 Å². The molecule has 1 aliphatic heterocycles. The molecule has 41 heavy (non-hydrogen) atoms. The molecule has 2 aromatic heterocycles. The number of allylic oxidation sites excluding steroid dienone is 3. The maximum atomic E-state index is 15.1. The van der Waals surface area contributed by atoms with Gasteiger partial charge in [0.15, 0.2) is 17.3 Å². The summed E-state index contributed by atoms with van der Waals surface area (Å²) in [6.07, 6.45) is 10.2. The Labute approximate surface area is 230 Å². The Hall–Kier alpha value is -5.85. The number of aromatic nitrogens is 4. The molecule has 3 heterocycles. The number of amides is 1. The van der Waals surface area contributed by atoms with Gasteiger partial charge in [-0.2, -0.15) is 0 Å². The molecule has 0 saturated heterocycles. The summed E-state index contributed by atoms with van der Waals surface area (Å²) >= 11 is 0. The normalized spacial score (nSPS) is 13.7. The molecule has 1 amide bonds. The maximum absolute atomic E-state index is 15.1. The summed E-state index contributed by atoms with van der Waals surface area (Å²) in [5.74, 6) is -2.24. The predicted octanol–water partition coefficient (Wildman–Crippen LogP) is 3.23. The molecule has 0 saturated carbocycles. The summed E-state index contributed by atoms with van der Waals surface area (Å²) in [7, 11) is 1.82. The van der Waals surface area contributed by atoms with Crippen molar-refractivity contribution >= 4 is 23.4 Å². The van der Waals surface area contributed by atoms with Crippen LogP contribution in [0.1, 0.15) is 16.1 Å². The molecule has 0 atom stereocenters. The molecule has 0 radical (unpaired) electrons. The third-order valence-electron chi connectivity index (χ3n) is 5.90. The topological polar surface area (TPSA) is 147 Å². The van der Waals surface area contributed by atoms with Crippen molar-refractivity contribution in [2.24, 2.45) is 7.05 Å². The van der Waals surface area contributed by atoms with E-state index in [0.717, 1.165) is 30.6 Å². The highest BCUT2D eigenvalue weighted by Crippen LogP contribution is 2.28.